The number of hydrogen-bond donors (Lipinski definition) is 1. The van der Waals surface area contributed by atoms with Gasteiger partial charge in [0.25, 0.3) is 0 Å². The van der Waals surface area contributed by atoms with Crippen LogP contribution >= 0.6 is 0 Å². The van der Waals surface area contributed by atoms with Crippen LogP contribution in [0, 0.1) is 0 Å². The minimum atomic E-state index is -0.186. The number of carbonyl (C=O) groups is 1. The van der Waals surface area contributed by atoms with Gasteiger partial charge >= 0.3 is 0 Å². The van der Waals surface area contributed by atoms with Crippen LogP contribution in [-0.2, 0) is 11.2 Å². The van der Waals surface area contributed by atoms with Crippen molar-refractivity contribution in [2.24, 2.45) is 0 Å². The predicted molar refractivity (Wildman–Crippen MR) is 88.7 cm³/mol. The molecule has 0 saturated heterocycles. The molecule has 1 heterocycles. The maximum atomic E-state index is 12.0. The Kier molecular flexibility index (Phi) is 3.75. The fraction of sp³-hybridized carbons (Fsp3) is 0.278. The third-order valence-electron chi connectivity index (χ3n) is 4.06. The van der Waals surface area contributed by atoms with Crippen LogP contribution in [0.1, 0.15) is 18.1 Å². The van der Waals surface area contributed by atoms with Gasteiger partial charge in [-0.25, -0.2) is 0 Å². The van der Waals surface area contributed by atoms with Gasteiger partial charge in [0.2, 0.25) is 5.91 Å². The van der Waals surface area contributed by atoms with E-state index in [4.69, 9.17) is 4.74 Å². The van der Waals surface area contributed by atoms with Crippen LogP contribution < -0.4 is 15.0 Å². The number of nitrogens with zero attached hydrogens (tertiary/aromatic N) is 1. The van der Waals surface area contributed by atoms with Crippen LogP contribution in [0.5, 0.6) is 5.75 Å². The van der Waals surface area contributed by atoms with E-state index in [-0.39, 0.29) is 11.9 Å². The molecule has 0 saturated carbocycles. The number of fused-ring (bicyclic) bond motifs is 1. The fourth-order valence-electron chi connectivity index (χ4n) is 2.78. The zero-order chi connectivity index (χ0) is 15.7. The molecule has 3 rings (SSSR count). The first-order valence-electron chi connectivity index (χ1n) is 7.38. The first-order chi connectivity index (χ1) is 10.6. The quantitative estimate of drug-likeness (QED) is 0.946. The lowest BCUT2D eigenvalue weighted by molar-refractivity contribution is -0.118. The summed E-state index contributed by atoms with van der Waals surface area (Å²) in [6.07, 6.45) is 0.852. The van der Waals surface area contributed by atoms with Gasteiger partial charge in [-0.05, 0) is 48.7 Å². The van der Waals surface area contributed by atoms with E-state index >= 15 is 0 Å². The topological polar surface area (TPSA) is 41.6 Å². The second-order valence-electron chi connectivity index (χ2n) is 5.64. The first-order valence-corrected chi connectivity index (χ1v) is 7.38. The third-order valence-corrected chi connectivity index (χ3v) is 4.06. The molecule has 1 N–H and O–H groups in total. The van der Waals surface area contributed by atoms with Crippen molar-refractivity contribution in [2.75, 3.05) is 24.4 Å². The Balaban J connectivity index is 1.84. The number of rotatable bonds is 3. The highest BCUT2D eigenvalue weighted by Gasteiger charge is 2.26. The Morgan fingerprint density at radius 1 is 1.14 bits per heavy atom. The molecular formula is C18H20N2O2. The number of benzene rings is 2. The minimum absolute atomic E-state index is 0.0930. The van der Waals surface area contributed by atoms with Crippen molar-refractivity contribution in [1.29, 1.82) is 0 Å². The Bertz CT molecular complexity index is 695. The monoisotopic (exact) mass is 296 g/mol. The second-order valence-corrected chi connectivity index (χ2v) is 5.64. The summed E-state index contributed by atoms with van der Waals surface area (Å²) in [7, 11) is 3.49. The average Bonchev–Trinajstić information content (AvgIpc) is 2.53. The van der Waals surface area contributed by atoms with E-state index in [1.807, 2.05) is 32.2 Å². The van der Waals surface area contributed by atoms with Gasteiger partial charge in [0.1, 0.15) is 11.8 Å². The summed E-state index contributed by atoms with van der Waals surface area (Å²) in [5.41, 5.74) is 4.39. The van der Waals surface area contributed by atoms with Gasteiger partial charge in [-0.1, -0.05) is 18.2 Å². The van der Waals surface area contributed by atoms with Gasteiger partial charge in [-0.3, -0.25) is 4.79 Å². The molecule has 1 amide bonds. The molecule has 0 aromatic heterocycles. The van der Waals surface area contributed by atoms with Gasteiger partial charge in [0.15, 0.2) is 0 Å². The summed E-state index contributed by atoms with van der Waals surface area (Å²) in [5.74, 6) is 0.959. The molecular weight excluding hydrogens is 276 g/mol. The van der Waals surface area contributed by atoms with E-state index < -0.39 is 0 Å². The maximum Gasteiger partial charge on any atom is 0.248 e. The summed E-state index contributed by atoms with van der Waals surface area (Å²) in [6.45, 7) is 1.89. The van der Waals surface area contributed by atoms with E-state index in [2.05, 4.69) is 29.6 Å². The van der Waals surface area contributed by atoms with E-state index in [0.29, 0.717) is 0 Å². The van der Waals surface area contributed by atoms with Crippen molar-refractivity contribution in [3.05, 3.63) is 53.6 Å². The highest BCUT2D eigenvalue weighted by atomic mass is 16.5. The largest absolute Gasteiger partial charge is 0.497 e. The molecule has 0 aliphatic carbocycles. The number of hydrogen-bond acceptors (Lipinski definition) is 3. The number of likely N-dealkylation sites (N-methyl/N-ethyl adjacent to an activating group) is 1. The molecule has 2 aromatic rings. The summed E-state index contributed by atoms with van der Waals surface area (Å²) < 4.78 is 5.18. The summed E-state index contributed by atoms with van der Waals surface area (Å²) in [6, 6.07) is 14.1. The summed E-state index contributed by atoms with van der Waals surface area (Å²) >= 11 is 0. The van der Waals surface area contributed by atoms with Crippen LogP contribution in [0.2, 0.25) is 0 Å². The Hall–Kier alpha value is -2.49. The van der Waals surface area contributed by atoms with Crippen molar-refractivity contribution in [2.45, 2.75) is 19.4 Å². The lowest BCUT2D eigenvalue weighted by atomic mass is 10.0. The minimum Gasteiger partial charge on any atom is -0.497 e. The second kappa shape index (κ2) is 5.72. The molecule has 0 radical (unpaired) electrons. The highest BCUT2D eigenvalue weighted by Crippen LogP contribution is 2.32. The first kappa shape index (κ1) is 14.4. The Labute approximate surface area is 130 Å². The Morgan fingerprint density at radius 3 is 2.50 bits per heavy atom. The number of carbonyl (C=O) groups excluding carboxylic acids is 1. The Morgan fingerprint density at radius 2 is 1.82 bits per heavy atom. The van der Waals surface area contributed by atoms with Crippen molar-refractivity contribution in [3.8, 4) is 5.75 Å². The van der Waals surface area contributed by atoms with Gasteiger partial charge in [-0.15, -0.1) is 0 Å². The molecule has 0 unspecified atom stereocenters. The SMILES string of the molecule is COc1ccc(Cc2ccc3c(c2)N[C@H](C)C(=O)N3C)cc1. The van der Waals surface area contributed by atoms with Crippen LogP contribution in [0.15, 0.2) is 42.5 Å². The normalized spacial score (nSPS) is 17.0. The molecule has 114 valence electrons. The van der Waals surface area contributed by atoms with E-state index in [1.165, 1.54) is 11.1 Å². The van der Waals surface area contributed by atoms with Crippen LogP contribution in [0.25, 0.3) is 0 Å². The molecule has 1 aliphatic rings. The van der Waals surface area contributed by atoms with Crippen molar-refractivity contribution >= 4 is 17.3 Å². The maximum absolute atomic E-state index is 12.0. The van der Waals surface area contributed by atoms with E-state index in [9.17, 15) is 4.79 Å². The average molecular weight is 296 g/mol. The lowest BCUT2D eigenvalue weighted by Gasteiger charge is -2.31. The zero-order valence-electron chi connectivity index (χ0n) is 13.1. The van der Waals surface area contributed by atoms with Crippen LogP contribution in [0.3, 0.4) is 0 Å². The van der Waals surface area contributed by atoms with Crippen molar-refractivity contribution in [3.63, 3.8) is 0 Å². The molecule has 4 nitrogen and oxygen atoms in total. The standard InChI is InChI=1S/C18H20N2O2/c1-12-18(21)20(2)17-9-6-14(11-16(17)19-12)10-13-4-7-15(22-3)8-5-13/h4-9,11-12,19H,10H2,1-3H3/t12-/m1/s1. The van der Waals surface area contributed by atoms with Crippen LogP contribution in [-0.4, -0.2) is 26.1 Å². The molecule has 4 heteroatoms. The number of methoxy groups -OCH3 is 1. The zero-order valence-corrected chi connectivity index (χ0v) is 13.1. The summed E-state index contributed by atoms with van der Waals surface area (Å²) in [5, 5.41) is 3.27. The summed E-state index contributed by atoms with van der Waals surface area (Å²) in [4.78, 5) is 13.7. The van der Waals surface area contributed by atoms with E-state index in [0.717, 1.165) is 23.5 Å². The molecule has 0 fully saturated rings. The smallest absolute Gasteiger partial charge is 0.248 e. The van der Waals surface area contributed by atoms with Gasteiger partial charge in [0.05, 0.1) is 18.5 Å². The predicted octanol–water partition coefficient (Wildman–Crippen LogP) is 3.06. The molecule has 0 spiro atoms. The number of amides is 1. The van der Waals surface area contributed by atoms with Gasteiger partial charge < -0.3 is 15.0 Å². The number of nitrogens with one attached hydrogen (secondary N) is 1. The highest BCUT2D eigenvalue weighted by molar-refractivity contribution is 6.04. The number of anilines is 2. The third kappa shape index (κ3) is 2.64. The van der Waals surface area contributed by atoms with E-state index in [1.54, 1.807) is 12.0 Å². The fourth-order valence-corrected chi connectivity index (χ4v) is 2.78. The molecule has 1 aliphatic heterocycles. The van der Waals surface area contributed by atoms with Crippen molar-refractivity contribution < 1.29 is 9.53 Å². The molecule has 0 bridgehead atoms. The molecule has 22 heavy (non-hydrogen) atoms. The van der Waals surface area contributed by atoms with Crippen molar-refractivity contribution in [1.82, 2.24) is 0 Å². The van der Waals surface area contributed by atoms with Crippen LogP contribution in [0.4, 0.5) is 11.4 Å². The molecule has 1 atom stereocenters. The van der Waals surface area contributed by atoms with Gasteiger partial charge in [-0.2, -0.15) is 0 Å². The number of ether oxygens (including phenoxy) is 1. The lowest BCUT2D eigenvalue weighted by Crippen LogP contribution is -2.43. The van der Waals surface area contributed by atoms with Gasteiger partial charge in [0, 0.05) is 7.05 Å². The molecule has 2 aromatic carbocycles.